The molecule has 0 spiro atoms. The summed E-state index contributed by atoms with van der Waals surface area (Å²) in [6.45, 7) is 4.41. The van der Waals surface area contributed by atoms with E-state index in [4.69, 9.17) is 11.6 Å². The van der Waals surface area contributed by atoms with Gasteiger partial charge in [-0.15, -0.1) is 0 Å². The highest BCUT2D eigenvalue weighted by Gasteiger charge is 2.27. The number of rotatable bonds is 6. The van der Waals surface area contributed by atoms with Gasteiger partial charge in [-0.25, -0.2) is 0 Å². The van der Waals surface area contributed by atoms with E-state index in [1.807, 2.05) is 0 Å². The minimum absolute atomic E-state index is 0.312. The predicted octanol–water partition coefficient (Wildman–Crippen LogP) is 0.277. The molecule has 0 bridgehead atoms. The highest BCUT2D eigenvalue weighted by Crippen LogP contribution is 2.19. The summed E-state index contributed by atoms with van der Waals surface area (Å²) in [7, 11) is 4.57. The molecule has 1 saturated heterocycles. The van der Waals surface area contributed by atoms with Crippen LogP contribution in [0, 0.1) is 0 Å². The Hall–Kier alpha value is -1.47. The number of amides is 1. The van der Waals surface area contributed by atoms with Gasteiger partial charge in [0.25, 0.3) is 0 Å². The van der Waals surface area contributed by atoms with Crippen molar-refractivity contribution in [2.24, 2.45) is 0 Å². The Morgan fingerprint density at radius 1 is 1.50 bits per heavy atom. The lowest BCUT2D eigenvalue weighted by Crippen LogP contribution is -2.53. The summed E-state index contributed by atoms with van der Waals surface area (Å²) in [5.41, 5.74) is 0. The van der Waals surface area contributed by atoms with Crippen molar-refractivity contribution < 1.29 is 14.3 Å². The molecule has 2 N–H and O–H groups in total. The van der Waals surface area contributed by atoms with Crippen LogP contribution in [0.4, 0.5) is 0 Å². The molecule has 0 aromatic carbocycles. The van der Waals surface area contributed by atoms with E-state index in [2.05, 4.69) is 27.2 Å². The van der Waals surface area contributed by atoms with Gasteiger partial charge in [0.15, 0.2) is 0 Å². The molecule has 0 radical (unpaired) electrons. The molecule has 8 heteroatoms. The average molecular weight is 333 g/mol. The van der Waals surface area contributed by atoms with Crippen molar-refractivity contribution in [3.63, 3.8) is 0 Å². The lowest BCUT2D eigenvalue weighted by molar-refractivity contribution is -0.146. The predicted molar refractivity (Wildman–Crippen MR) is 85.0 cm³/mol. The summed E-state index contributed by atoms with van der Waals surface area (Å²) in [5, 5.41) is 6.66. The van der Waals surface area contributed by atoms with Crippen molar-refractivity contribution in [2.75, 3.05) is 40.8 Å². The molecular formula is C14H25ClN4O3. The molecule has 1 unspecified atom stereocenters. The van der Waals surface area contributed by atoms with Crippen LogP contribution in [-0.4, -0.2) is 68.6 Å². The van der Waals surface area contributed by atoms with Crippen LogP contribution in [0.5, 0.6) is 0 Å². The zero-order valence-corrected chi connectivity index (χ0v) is 14.4. The van der Waals surface area contributed by atoms with Crippen LogP contribution in [-0.2, 0) is 14.3 Å². The molecule has 0 saturated carbocycles. The largest absolute Gasteiger partial charge is 0.469 e. The van der Waals surface area contributed by atoms with Gasteiger partial charge in [-0.1, -0.05) is 18.5 Å². The molecule has 1 amide bonds. The molecule has 1 atom stereocenters. The maximum Gasteiger partial charge on any atom is 0.315 e. The highest BCUT2D eigenvalue weighted by molar-refractivity contribution is 6.29. The SMILES string of the molecule is CCC1CN(/C(=C(\Cl)NC)N(C)C(=O)CC(=O)OC)CCN1. The monoisotopic (exact) mass is 332 g/mol. The van der Waals surface area contributed by atoms with Crippen molar-refractivity contribution in [1.82, 2.24) is 20.4 Å². The number of nitrogens with one attached hydrogen (secondary N) is 2. The van der Waals surface area contributed by atoms with Gasteiger partial charge >= 0.3 is 5.97 Å². The molecule has 0 aromatic heterocycles. The Morgan fingerprint density at radius 3 is 2.73 bits per heavy atom. The van der Waals surface area contributed by atoms with Gasteiger partial charge in [0.1, 0.15) is 17.4 Å². The van der Waals surface area contributed by atoms with Gasteiger partial charge in [-0.3, -0.25) is 14.5 Å². The number of piperazine rings is 1. The fraction of sp³-hybridized carbons (Fsp3) is 0.714. The van der Waals surface area contributed by atoms with E-state index in [1.165, 1.54) is 12.0 Å². The maximum absolute atomic E-state index is 12.2. The third kappa shape index (κ3) is 4.78. The molecule has 1 heterocycles. The van der Waals surface area contributed by atoms with Crippen LogP contribution in [0.2, 0.25) is 0 Å². The number of carbonyl (C=O) groups is 2. The number of methoxy groups -OCH3 is 1. The van der Waals surface area contributed by atoms with E-state index in [0.29, 0.717) is 17.0 Å². The van der Waals surface area contributed by atoms with E-state index < -0.39 is 5.97 Å². The summed E-state index contributed by atoms with van der Waals surface area (Å²) in [6.07, 6.45) is 0.675. The quantitative estimate of drug-likeness (QED) is 0.413. The molecule has 1 aliphatic rings. The third-order valence-electron chi connectivity index (χ3n) is 3.68. The fourth-order valence-electron chi connectivity index (χ4n) is 2.33. The summed E-state index contributed by atoms with van der Waals surface area (Å²) in [5.74, 6) is -0.344. The van der Waals surface area contributed by atoms with Crippen molar-refractivity contribution in [3.8, 4) is 0 Å². The van der Waals surface area contributed by atoms with E-state index in [9.17, 15) is 9.59 Å². The van der Waals surface area contributed by atoms with Crippen LogP contribution in [0.3, 0.4) is 0 Å². The summed E-state index contributed by atoms with van der Waals surface area (Å²) in [6, 6.07) is 0.342. The van der Waals surface area contributed by atoms with Gasteiger partial charge in [0.05, 0.1) is 7.11 Å². The zero-order chi connectivity index (χ0) is 16.7. The first kappa shape index (κ1) is 18.6. The number of hydrogen-bond donors (Lipinski definition) is 2. The van der Waals surface area contributed by atoms with E-state index in [-0.39, 0.29) is 12.3 Å². The normalized spacial score (nSPS) is 19.3. The van der Waals surface area contributed by atoms with Crippen LogP contribution in [0.25, 0.3) is 0 Å². The van der Waals surface area contributed by atoms with Crippen LogP contribution >= 0.6 is 11.6 Å². The maximum atomic E-state index is 12.2. The van der Waals surface area contributed by atoms with Gasteiger partial charge in [-0.05, 0) is 6.42 Å². The second-order valence-corrected chi connectivity index (χ2v) is 5.48. The van der Waals surface area contributed by atoms with Crippen molar-refractivity contribution in [3.05, 3.63) is 11.0 Å². The molecule has 7 nitrogen and oxygen atoms in total. The smallest absolute Gasteiger partial charge is 0.315 e. The second-order valence-electron chi connectivity index (χ2n) is 5.10. The molecule has 1 fully saturated rings. The molecule has 126 valence electrons. The first-order valence-corrected chi connectivity index (χ1v) is 7.71. The Morgan fingerprint density at radius 2 is 2.18 bits per heavy atom. The second kappa shape index (κ2) is 8.85. The Labute approximate surface area is 136 Å². The van der Waals surface area contributed by atoms with E-state index in [0.717, 1.165) is 26.1 Å². The van der Waals surface area contributed by atoms with Gasteiger partial charge in [0.2, 0.25) is 5.91 Å². The Kier molecular flexibility index (Phi) is 7.47. The van der Waals surface area contributed by atoms with Gasteiger partial charge in [-0.2, -0.15) is 0 Å². The first-order valence-electron chi connectivity index (χ1n) is 7.33. The zero-order valence-electron chi connectivity index (χ0n) is 13.6. The number of ether oxygens (including phenoxy) is 1. The lowest BCUT2D eigenvalue weighted by Gasteiger charge is -2.39. The van der Waals surface area contributed by atoms with E-state index in [1.54, 1.807) is 14.1 Å². The highest BCUT2D eigenvalue weighted by atomic mass is 35.5. The Balaban J connectivity index is 2.94. The molecule has 0 aliphatic carbocycles. The lowest BCUT2D eigenvalue weighted by atomic mass is 10.1. The average Bonchev–Trinajstić information content (AvgIpc) is 2.54. The van der Waals surface area contributed by atoms with Crippen molar-refractivity contribution >= 4 is 23.5 Å². The summed E-state index contributed by atoms with van der Waals surface area (Å²) < 4.78 is 4.54. The summed E-state index contributed by atoms with van der Waals surface area (Å²) >= 11 is 6.26. The topological polar surface area (TPSA) is 73.9 Å². The minimum atomic E-state index is -0.566. The van der Waals surface area contributed by atoms with E-state index >= 15 is 0 Å². The fourth-order valence-corrected chi connectivity index (χ4v) is 2.58. The number of hydrogen-bond acceptors (Lipinski definition) is 6. The number of esters is 1. The van der Waals surface area contributed by atoms with Crippen molar-refractivity contribution in [1.29, 1.82) is 0 Å². The van der Waals surface area contributed by atoms with Crippen LogP contribution in [0.1, 0.15) is 19.8 Å². The van der Waals surface area contributed by atoms with Gasteiger partial charge in [0, 0.05) is 39.8 Å². The third-order valence-corrected chi connectivity index (χ3v) is 4.04. The van der Waals surface area contributed by atoms with Crippen LogP contribution < -0.4 is 10.6 Å². The molecular weight excluding hydrogens is 308 g/mol. The molecule has 1 aliphatic heterocycles. The number of nitrogens with zero attached hydrogens (tertiary/aromatic N) is 2. The Bertz CT molecular complexity index is 442. The number of carbonyl (C=O) groups excluding carboxylic acids is 2. The van der Waals surface area contributed by atoms with Crippen molar-refractivity contribution in [2.45, 2.75) is 25.8 Å². The summed E-state index contributed by atoms with van der Waals surface area (Å²) in [4.78, 5) is 27.0. The minimum Gasteiger partial charge on any atom is -0.469 e. The standard InChI is InChI=1S/C14H25ClN4O3/c1-5-10-9-19(7-6-17-10)14(13(15)16-2)18(3)11(20)8-12(21)22-4/h10,16-17H,5-9H2,1-4H3/b14-13+. The molecule has 22 heavy (non-hydrogen) atoms. The number of halogens is 1. The van der Waals surface area contributed by atoms with Gasteiger partial charge < -0.3 is 20.3 Å². The molecule has 0 aromatic rings. The van der Waals surface area contributed by atoms with Crippen LogP contribution in [0.15, 0.2) is 11.0 Å². The first-order chi connectivity index (χ1) is 10.4. The molecule has 1 rings (SSSR count).